The van der Waals surface area contributed by atoms with Gasteiger partial charge in [-0.05, 0) is 17.7 Å². The molecule has 0 saturated heterocycles. The summed E-state index contributed by atoms with van der Waals surface area (Å²) in [7, 11) is 6.11. The van der Waals surface area contributed by atoms with Gasteiger partial charge < -0.3 is 14.8 Å². The lowest BCUT2D eigenvalue weighted by molar-refractivity contribution is 0.103. The summed E-state index contributed by atoms with van der Waals surface area (Å²) in [6.07, 6.45) is 0. The molecule has 1 aromatic heterocycles. The van der Waals surface area contributed by atoms with E-state index in [4.69, 9.17) is 9.47 Å². The zero-order valence-electron chi connectivity index (χ0n) is 18.1. The Labute approximate surface area is 183 Å². The van der Waals surface area contributed by atoms with Crippen molar-refractivity contribution in [3.05, 3.63) is 91.1 Å². The molecule has 2 heterocycles. The van der Waals surface area contributed by atoms with Gasteiger partial charge in [-0.3, -0.25) is 18.7 Å². The van der Waals surface area contributed by atoms with E-state index in [-0.39, 0.29) is 5.78 Å². The largest absolute Gasteiger partial charge is 0.493 e. The van der Waals surface area contributed by atoms with E-state index in [9.17, 15) is 14.4 Å². The highest BCUT2D eigenvalue weighted by atomic mass is 16.5. The number of carbonyl (C=O) groups excluding carboxylic acids is 1. The first-order chi connectivity index (χ1) is 15.4. The first-order valence-corrected chi connectivity index (χ1v) is 10.1. The van der Waals surface area contributed by atoms with E-state index in [1.165, 1.54) is 18.7 Å². The van der Waals surface area contributed by atoms with Crippen molar-refractivity contribution in [2.45, 2.75) is 5.92 Å². The van der Waals surface area contributed by atoms with Crippen LogP contribution < -0.4 is 26.0 Å². The second-order valence-corrected chi connectivity index (χ2v) is 7.80. The van der Waals surface area contributed by atoms with Gasteiger partial charge in [0.05, 0.1) is 25.5 Å². The molecule has 2 aliphatic rings. The molecule has 1 aliphatic carbocycles. The third kappa shape index (κ3) is 2.52. The Hall–Kier alpha value is -4.07. The van der Waals surface area contributed by atoms with Gasteiger partial charge in [0.25, 0.3) is 5.56 Å². The highest BCUT2D eigenvalue weighted by molar-refractivity contribution is 6.23. The smallest absolute Gasteiger partial charge is 0.332 e. The molecule has 8 nitrogen and oxygen atoms in total. The SMILES string of the molecule is COc1ccc([C@@H]2C3=C(Nc4c2c(=O)n(C)c(=O)n4C)c2ccccc2C3=O)cc1OC. The third-order valence-corrected chi connectivity index (χ3v) is 6.22. The molecule has 0 saturated carbocycles. The van der Waals surface area contributed by atoms with Gasteiger partial charge in [0.15, 0.2) is 17.3 Å². The van der Waals surface area contributed by atoms with Crippen LogP contribution in [0.25, 0.3) is 5.70 Å². The first-order valence-electron chi connectivity index (χ1n) is 10.1. The lowest BCUT2D eigenvalue weighted by Gasteiger charge is -2.30. The maximum atomic E-state index is 13.5. The highest BCUT2D eigenvalue weighted by Gasteiger charge is 2.42. The lowest BCUT2D eigenvalue weighted by Crippen LogP contribution is -2.42. The van der Waals surface area contributed by atoms with Crippen molar-refractivity contribution in [3.8, 4) is 11.5 Å². The van der Waals surface area contributed by atoms with Crippen LogP contribution in [0.15, 0.2) is 57.6 Å². The van der Waals surface area contributed by atoms with Crippen molar-refractivity contribution in [3.63, 3.8) is 0 Å². The van der Waals surface area contributed by atoms with Gasteiger partial charge in [0.1, 0.15) is 5.82 Å². The van der Waals surface area contributed by atoms with Gasteiger partial charge in [-0.25, -0.2) is 4.79 Å². The molecule has 32 heavy (non-hydrogen) atoms. The predicted molar refractivity (Wildman–Crippen MR) is 120 cm³/mol. The summed E-state index contributed by atoms with van der Waals surface area (Å²) < 4.78 is 13.3. The molecule has 162 valence electrons. The van der Waals surface area contributed by atoms with Gasteiger partial charge in [0, 0.05) is 36.7 Å². The van der Waals surface area contributed by atoms with Crippen LogP contribution in [-0.4, -0.2) is 29.1 Å². The minimum Gasteiger partial charge on any atom is -0.493 e. The number of ketones is 1. The van der Waals surface area contributed by atoms with E-state index in [2.05, 4.69) is 5.32 Å². The fourth-order valence-electron chi connectivity index (χ4n) is 4.62. The quantitative estimate of drug-likeness (QED) is 0.684. The molecular formula is C24H21N3O5. The third-order valence-electron chi connectivity index (χ3n) is 6.22. The van der Waals surface area contributed by atoms with E-state index >= 15 is 0 Å². The van der Waals surface area contributed by atoms with Gasteiger partial charge in [0.2, 0.25) is 0 Å². The Bertz CT molecular complexity index is 1460. The summed E-state index contributed by atoms with van der Waals surface area (Å²) >= 11 is 0. The number of carbonyl (C=O) groups is 1. The zero-order valence-corrected chi connectivity index (χ0v) is 18.1. The molecule has 8 heteroatoms. The van der Waals surface area contributed by atoms with Crippen molar-refractivity contribution >= 4 is 17.3 Å². The molecule has 0 amide bonds. The predicted octanol–water partition coefficient (Wildman–Crippen LogP) is 2.27. The number of hydrogen-bond donors (Lipinski definition) is 1. The van der Waals surface area contributed by atoms with Gasteiger partial charge >= 0.3 is 5.69 Å². The van der Waals surface area contributed by atoms with E-state index in [1.54, 1.807) is 32.4 Å². The molecule has 2 aromatic carbocycles. The van der Waals surface area contributed by atoms with Crippen LogP contribution in [0.4, 0.5) is 5.82 Å². The molecule has 1 atom stereocenters. The lowest BCUT2D eigenvalue weighted by atomic mass is 9.81. The van der Waals surface area contributed by atoms with E-state index in [0.29, 0.717) is 45.3 Å². The van der Waals surface area contributed by atoms with Gasteiger partial charge in [-0.1, -0.05) is 30.3 Å². The van der Waals surface area contributed by atoms with Crippen molar-refractivity contribution < 1.29 is 14.3 Å². The molecule has 0 unspecified atom stereocenters. The normalized spacial score (nSPS) is 16.2. The minimum atomic E-state index is -0.688. The molecule has 0 fully saturated rings. The summed E-state index contributed by atoms with van der Waals surface area (Å²) in [5, 5.41) is 3.23. The van der Waals surface area contributed by atoms with Crippen LogP contribution in [-0.2, 0) is 14.1 Å². The Morgan fingerprint density at radius 3 is 2.25 bits per heavy atom. The Kier molecular flexibility index (Phi) is 4.33. The topological polar surface area (TPSA) is 91.6 Å². The Balaban J connectivity index is 1.87. The number of hydrogen-bond acceptors (Lipinski definition) is 6. The monoisotopic (exact) mass is 431 g/mol. The number of allylic oxidation sites excluding steroid dienone is 1. The second-order valence-electron chi connectivity index (χ2n) is 7.80. The number of nitrogens with one attached hydrogen (secondary N) is 1. The number of anilines is 1. The maximum absolute atomic E-state index is 13.5. The second kappa shape index (κ2) is 6.98. The average Bonchev–Trinajstić information content (AvgIpc) is 3.11. The standard InChI is InChI=1S/C24H21N3O5/c1-26-22-19(23(29)27(2)24(26)30)17(12-9-10-15(31-3)16(11-12)32-4)18-20(25-22)13-7-5-6-8-14(13)21(18)28/h5-11,17,25H,1-4H3/t17-/m1/s1. The van der Waals surface area contributed by atoms with E-state index in [1.807, 2.05) is 24.3 Å². The number of rotatable bonds is 3. The number of fused-ring (bicyclic) bond motifs is 3. The van der Waals surface area contributed by atoms with Crippen LogP contribution in [0.1, 0.15) is 33.0 Å². The average molecular weight is 431 g/mol. The number of ether oxygens (including phenoxy) is 2. The number of aromatic nitrogens is 2. The van der Waals surface area contributed by atoms with Crippen LogP contribution in [0.3, 0.4) is 0 Å². The summed E-state index contributed by atoms with van der Waals surface area (Å²) in [4.78, 5) is 39.5. The molecule has 0 radical (unpaired) electrons. The van der Waals surface area contributed by atoms with Gasteiger partial charge in [-0.2, -0.15) is 0 Å². The van der Waals surface area contributed by atoms with Crippen molar-refractivity contribution in [1.82, 2.24) is 9.13 Å². The fraction of sp³-hybridized carbons (Fsp3) is 0.208. The van der Waals surface area contributed by atoms with Crippen molar-refractivity contribution in [2.75, 3.05) is 19.5 Å². The fourth-order valence-corrected chi connectivity index (χ4v) is 4.62. The van der Waals surface area contributed by atoms with Crippen LogP contribution in [0.2, 0.25) is 0 Å². The summed E-state index contributed by atoms with van der Waals surface area (Å²) in [6.45, 7) is 0. The molecule has 1 aliphatic heterocycles. The van der Waals surface area contributed by atoms with E-state index < -0.39 is 17.2 Å². The molecule has 0 spiro atoms. The Morgan fingerprint density at radius 1 is 0.875 bits per heavy atom. The summed E-state index contributed by atoms with van der Waals surface area (Å²) in [6, 6.07) is 12.6. The van der Waals surface area contributed by atoms with Crippen LogP contribution in [0, 0.1) is 0 Å². The molecular weight excluding hydrogens is 410 g/mol. The highest BCUT2D eigenvalue weighted by Crippen LogP contribution is 2.48. The molecule has 1 N–H and O–H groups in total. The summed E-state index contributed by atoms with van der Waals surface area (Å²) in [5.74, 6) is 0.558. The van der Waals surface area contributed by atoms with Crippen molar-refractivity contribution in [2.24, 2.45) is 14.1 Å². The van der Waals surface area contributed by atoms with Crippen LogP contribution >= 0.6 is 0 Å². The molecule has 3 aromatic rings. The zero-order chi connectivity index (χ0) is 22.7. The van der Waals surface area contributed by atoms with E-state index in [0.717, 1.165) is 10.1 Å². The summed E-state index contributed by atoms with van der Waals surface area (Å²) in [5.41, 5.74) is 2.51. The Morgan fingerprint density at radius 2 is 1.56 bits per heavy atom. The van der Waals surface area contributed by atoms with Crippen molar-refractivity contribution in [1.29, 1.82) is 0 Å². The van der Waals surface area contributed by atoms with Gasteiger partial charge in [-0.15, -0.1) is 0 Å². The number of benzene rings is 2. The van der Waals surface area contributed by atoms with Crippen LogP contribution in [0.5, 0.6) is 11.5 Å². The first kappa shape index (κ1) is 19.9. The molecule has 0 bridgehead atoms. The number of nitrogens with zero attached hydrogens (tertiary/aromatic N) is 2. The minimum absolute atomic E-state index is 0.149. The maximum Gasteiger partial charge on any atom is 0.332 e. The number of Topliss-reactive ketones (excluding diaryl/α,β-unsaturated/α-hetero) is 1. The molecule has 5 rings (SSSR count). The number of methoxy groups -OCH3 is 2.